The monoisotopic (exact) mass is 282 g/mol. The van der Waals surface area contributed by atoms with E-state index in [2.05, 4.69) is 24.3 Å². The van der Waals surface area contributed by atoms with Gasteiger partial charge in [-0.25, -0.2) is 8.78 Å². The van der Waals surface area contributed by atoms with Gasteiger partial charge in [0.25, 0.3) is 0 Å². The topological polar surface area (TPSA) is 15.3 Å². The van der Waals surface area contributed by atoms with Crippen molar-refractivity contribution >= 4 is 0 Å². The van der Waals surface area contributed by atoms with Crippen LogP contribution in [0.3, 0.4) is 0 Å². The van der Waals surface area contributed by atoms with Crippen LogP contribution < -0.4 is 5.32 Å². The van der Waals surface area contributed by atoms with Crippen molar-refractivity contribution in [2.24, 2.45) is 0 Å². The van der Waals surface area contributed by atoms with Crippen LogP contribution >= 0.6 is 0 Å². The van der Waals surface area contributed by atoms with E-state index in [1.165, 1.54) is 12.8 Å². The van der Waals surface area contributed by atoms with Gasteiger partial charge in [0.15, 0.2) is 11.6 Å². The molecule has 0 aliphatic heterocycles. The highest BCUT2D eigenvalue weighted by Gasteiger charge is 2.36. The van der Waals surface area contributed by atoms with Crippen molar-refractivity contribution in [2.45, 2.75) is 44.2 Å². The van der Waals surface area contributed by atoms with Crippen LogP contribution in [0.15, 0.2) is 18.2 Å². The van der Waals surface area contributed by atoms with E-state index in [1.54, 1.807) is 12.1 Å². The second-order valence-electron chi connectivity index (χ2n) is 6.07. The van der Waals surface area contributed by atoms with Crippen LogP contribution in [0.1, 0.15) is 44.2 Å². The number of rotatable bonds is 5. The third-order valence-electron chi connectivity index (χ3n) is 4.67. The number of hydrogen-bond donors (Lipinski definition) is 1. The molecule has 1 atom stereocenters. The van der Waals surface area contributed by atoms with Crippen molar-refractivity contribution in [3.8, 4) is 0 Å². The van der Waals surface area contributed by atoms with E-state index >= 15 is 0 Å². The molecule has 1 aliphatic rings. The predicted molar refractivity (Wildman–Crippen MR) is 77.7 cm³/mol. The molecule has 1 aliphatic carbocycles. The number of nitrogens with zero attached hydrogens (tertiary/aromatic N) is 1. The van der Waals surface area contributed by atoms with Crippen molar-refractivity contribution < 1.29 is 8.78 Å². The standard InChI is InChI=1S/C16H24F2N2/c1-12(13-7-6-8-14(17)15(13)18)19-11-16(20(2)3)9-4-5-10-16/h6-8,12,19H,4-5,9-11H2,1-3H3. The Bertz CT molecular complexity index is 454. The zero-order valence-electron chi connectivity index (χ0n) is 12.5. The molecule has 0 bridgehead atoms. The Balaban J connectivity index is 2.04. The minimum atomic E-state index is -0.778. The van der Waals surface area contributed by atoms with E-state index in [9.17, 15) is 8.78 Å². The second-order valence-corrected chi connectivity index (χ2v) is 6.07. The number of hydrogen-bond acceptors (Lipinski definition) is 2. The molecule has 20 heavy (non-hydrogen) atoms. The minimum Gasteiger partial charge on any atom is -0.308 e. The van der Waals surface area contributed by atoms with E-state index in [4.69, 9.17) is 0 Å². The van der Waals surface area contributed by atoms with Gasteiger partial charge in [0.05, 0.1) is 0 Å². The summed E-state index contributed by atoms with van der Waals surface area (Å²) >= 11 is 0. The van der Waals surface area contributed by atoms with Gasteiger partial charge in [0, 0.05) is 23.7 Å². The maximum atomic E-state index is 13.8. The summed E-state index contributed by atoms with van der Waals surface area (Å²) in [5.41, 5.74) is 0.551. The number of benzene rings is 1. The molecule has 2 nitrogen and oxygen atoms in total. The van der Waals surface area contributed by atoms with E-state index in [0.29, 0.717) is 5.56 Å². The lowest BCUT2D eigenvalue weighted by atomic mass is 9.95. The van der Waals surface area contributed by atoms with Crippen molar-refractivity contribution in [2.75, 3.05) is 20.6 Å². The van der Waals surface area contributed by atoms with Crippen LogP contribution in [0.25, 0.3) is 0 Å². The molecule has 2 rings (SSSR count). The highest BCUT2D eigenvalue weighted by atomic mass is 19.2. The van der Waals surface area contributed by atoms with Crippen molar-refractivity contribution in [1.29, 1.82) is 0 Å². The molecule has 112 valence electrons. The fourth-order valence-corrected chi connectivity index (χ4v) is 3.12. The normalized spacial score (nSPS) is 19.5. The zero-order chi connectivity index (χ0) is 14.8. The Labute approximate surface area is 120 Å². The van der Waals surface area contributed by atoms with E-state index in [-0.39, 0.29) is 11.6 Å². The molecule has 0 aromatic heterocycles. The molecule has 0 radical (unpaired) electrons. The largest absolute Gasteiger partial charge is 0.308 e. The molecule has 0 spiro atoms. The first-order chi connectivity index (χ1) is 9.46. The molecule has 0 saturated heterocycles. The zero-order valence-corrected chi connectivity index (χ0v) is 12.5. The van der Waals surface area contributed by atoms with Crippen molar-refractivity contribution in [3.05, 3.63) is 35.4 Å². The summed E-state index contributed by atoms with van der Waals surface area (Å²) in [6, 6.07) is 4.17. The van der Waals surface area contributed by atoms with Crippen LogP contribution in [0.2, 0.25) is 0 Å². The highest BCUT2D eigenvalue weighted by molar-refractivity contribution is 5.22. The van der Waals surface area contributed by atoms with Crippen molar-refractivity contribution in [3.63, 3.8) is 0 Å². The Morgan fingerprint density at radius 2 is 1.90 bits per heavy atom. The first-order valence-corrected chi connectivity index (χ1v) is 7.31. The second kappa shape index (κ2) is 6.19. The van der Waals surface area contributed by atoms with Crippen molar-refractivity contribution in [1.82, 2.24) is 10.2 Å². The molecular formula is C16H24F2N2. The molecule has 4 heteroatoms. The molecule has 0 heterocycles. The molecule has 1 aromatic carbocycles. The fraction of sp³-hybridized carbons (Fsp3) is 0.625. The third kappa shape index (κ3) is 3.01. The predicted octanol–water partition coefficient (Wildman–Crippen LogP) is 3.49. The molecule has 1 N–H and O–H groups in total. The maximum Gasteiger partial charge on any atom is 0.163 e. The molecule has 0 amide bonds. The number of halogens is 2. The molecule has 1 aromatic rings. The Morgan fingerprint density at radius 1 is 1.25 bits per heavy atom. The van der Waals surface area contributed by atoms with Gasteiger partial charge < -0.3 is 10.2 Å². The van der Waals surface area contributed by atoms with E-state index in [1.807, 2.05) is 6.92 Å². The lowest BCUT2D eigenvalue weighted by Crippen LogP contribution is -2.50. The number of nitrogens with one attached hydrogen (secondary N) is 1. The average molecular weight is 282 g/mol. The highest BCUT2D eigenvalue weighted by Crippen LogP contribution is 2.33. The SMILES string of the molecule is CC(NCC1(N(C)C)CCCC1)c1cccc(F)c1F. The van der Waals surface area contributed by atoms with Gasteiger partial charge in [0.2, 0.25) is 0 Å². The smallest absolute Gasteiger partial charge is 0.163 e. The minimum absolute atomic E-state index is 0.151. The summed E-state index contributed by atoms with van der Waals surface area (Å²) in [6.07, 6.45) is 4.79. The summed E-state index contributed by atoms with van der Waals surface area (Å²) in [4.78, 5) is 2.27. The Morgan fingerprint density at radius 3 is 2.50 bits per heavy atom. The van der Waals surface area contributed by atoms with Gasteiger partial charge in [-0.1, -0.05) is 25.0 Å². The maximum absolute atomic E-state index is 13.8. The summed E-state index contributed by atoms with van der Waals surface area (Å²) in [7, 11) is 4.20. The van der Waals surface area contributed by atoms with Gasteiger partial charge in [-0.05, 0) is 39.9 Å². The van der Waals surface area contributed by atoms with E-state index < -0.39 is 11.6 Å². The summed E-state index contributed by atoms with van der Waals surface area (Å²) in [5, 5.41) is 3.38. The lowest BCUT2D eigenvalue weighted by Gasteiger charge is -2.37. The summed E-state index contributed by atoms with van der Waals surface area (Å²) < 4.78 is 27.1. The van der Waals surface area contributed by atoms with Crippen LogP contribution in [0.4, 0.5) is 8.78 Å². The van der Waals surface area contributed by atoms with Gasteiger partial charge in [-0.15, -0.1) is 0 Å². The van der Waals surface area contributed by atoms with E-state index in [0.717, 1.165) is 25.5 Å². The molecule has 1 unspecified atom stereocenters. The quantitative estimate of drug-likeness (QED) is 0.889. The first kappa shape index (κ1) is 15.4. The fourth-order valence-electron chi connectivity index (χ4n) is 3.12. The Hall–Kier alpha value is -1.00. The van der Waals surface area contributed by atoms with Gasteiger partial charge >= 0.3 is 0 Å². The van der Waals surface area contributed by atoms with Crippen LogP contribution in [-0.4, -0.2) is 31.1 Å². The van der Waals surface area contributed by atoms with Crippen LogP contribution in [0, 0.1) is 11.6 Å². The summed E-state index contributed by atoms with van der Waals surface area (Å²) in [6.45, 7) is 2.69. The molecule has 1 fully saturated rings. The third-order valence-corrected chi connectivity index (χ3v) is 4.67. The van der Waals surface area contributed by atoms with Gasteiger partial charge in [-0.2, -0.15) is 0 Å². The summed E-state index contributed by atoms with van der Waals surface area (Å²) in [5.74, 6) is -1.52. The molecule has 1 saturated carbocycles. The molecular weight excluding hydrogens is 258 g/mol. The van der Waals surface area contributed by atoms with Gasteiger partial charge in [-0.3, -0.25) is 0 Å². The van der Waals surface area contributed by atoms with Crippen LogP contribution in [-0.2, 0) is 0 Å². The average Bonchev–Trinajstić information content (AvgIpc) is 2.89. The van der Waals surface area contributed by atoms with Gasteiger partial charge in [0.1, 0.15) is 0 Å². The Kier molecular flexibility index (Phi) is 4.76. The first-order valence-electron chi connectivity index (χ1n) is 7.31. The van der Waals surface area contributed by atoms with Crippen LogP contribution in [0.5, 0.6) is 0 Å². The number of likely N-dealkylation sites (N-methyl/N-ethyl adjacent to an activating group) is 1. The lowest BCUT2D eigenvalue weighted by molar-refractivity contribution is 0.150.